The first-order valence-corrected chi connectivity index (χ1v) is 9.04. The predicted octanol–water partition coefficient (Wildman–Crippen LogP) is 3.58. The van der Waals surface area contributed by atoms with E-state index in [0.717, 1.165) is 0 Å². The quantitative estimate of drug-likeness (QED) is 0.420. The van der Waals surface area contributed by atoms with Crippen molar-refractivity contribution in [3.8, 4) is 17.1 Å². The third kappa shape index (κ3) is 3.02. The Bertz CT molecular complexity index is 1460. The second-order valence-corrected chi connectivity index (χ2v) is 6.57. The van der Waals surface area contributed by atoms with Crippen LogP contribution in [0.1, 0.15) is 5.76 Å². The Balaban J connectivity index is 1.64. The number of aromatic amines is 1. The second-order valence-electron chi connectivity index (χ2n) is 6.57. The van der Waals surface area contributed by atoms with Crippen LogP contribution < -0.4 is 10.7 Å². The molecule has 0 atom stereocenters. The molecular weight excluding hydrogens is 389 g/mol. The van der Waals surface area contributed by atoms with Crippen LogP contribution in [0.2, 0.25) is 0 Å². The molecule has 0 aliphatic heterocycles. The molecule has 3 N–H and O–H groups in total. The second kappa shape index (κ2) is 6.96. The molecule has 0 spiro atoms. The molecule has 8 nitrogen and oxygen atoms in total. The summed E-state index contributed by atoms with van der Waals surface area (Å²) in [6.45, 7) is 0.0751. The number of benzene rings is 2. The summed E-state index contributed by atoms with van der Waals surface area (Å²) in [6.07, 6.45) is 1.31. The minimum absolute atomic E-state index is 0.0751. The highest BCUT2D eigenvalue weighted by molar-refractivity contribution is 5.84. The van der Waals surface area contributed by atoms with Crippen LogP contribution in [0.25, 0.3) is 33.3 Å². The van der Waals surface area contributed by atoms with Crippen molar-refractivity contribution in [3.05, 3.63) is 76.7 Å². The van der Waals surface area contributed by atoms with Crippen molar-refractivity contribution < 1.29 is 13.9 Å². The third-order valence-electron chi connectivity index (χ3n) is 4.67. The number of para-hydroxylation sites is 1. The number of aromatic nitrogens is 4. The van der Waals surface area contributed by atoms with E-state index in [1.54, 1.807) is 30.3 Å². The number of imidazole rings is 1. The molecule has 0 radical (unpaired) electrons. The van der Waals surface area contributed by atoms with Gasteiger partial charge in [0.2, 0.25) is 5.43 Å². The van der Waals surface area contributed by atoms with Crippen molar-refractivity contribution in [2.75, 3.05) is 5.32 Å². The van der Waals surface area contributed by atoms with Gasteiger partial charge in [0.05, 0.1) is 17.5 Å². The normalized spacial score (nSPS) is 11.2. The molecule has 0 bridgehead atoms. The van der Waals surface area contributed by atoms with Gasteiger partial charge < -0.3 is 14.8 Å². The molecule has 0 saturated heterocycles. The van der Waals surface area contributed by atoms with Crippen LogP contribution in [-0.4, -0.2) is 25.0 Å². The molecule has 148 valence electrons. The van der Waals surface area contributed by atoms with E-state index < -0.39 is 5.82 Å². The number of rotatable bonds is 4. The molecule has 30 heavy (non-hydrogen) atoms. The van der Waals surface area contributed by atoms with Gasteiger partial charge in [0.1, 0.15) is 23.5 Å². The van der Waals surface area contributed by atoms with Gasteiger partial charge in [0.15, 0.2) is 17.0 Å². The van der Waals surface area contributed by atoms with E-state index >= 15 is 0 Å². The minimum atomic E-state index is -0.455. The molecule has 0 unspecified atom stereocenters. The monoisotopic (exact) mass is 403 g/mol. The van der Waals surface area contributed by atoms with Crippen LogP contribution in [0.5, 0.6) is 6.01 Å². The van der Waals surface area contributed by atoms with Crippen LogP contribution in [0.4, 0.5) is 10.2 Å². The van der Waals surface area contributed by atoms with E-state index in [4.69, 9.17) is 4.42 Å². The minimum Gasteiger partial charge on any atom is -0.480 e. The Labute approximate surface area is 168 Å². The van der Waals surface area contributed by atoms with Crippen molar-refractivity contribution in [3.63, 3.8) is 0 Å². The van der Waals surface area contributed by atoms with Gasteiger partial charge in [-0.3, -0.25) is 9.78 Å². The first-order valence-electron chi connectivity index (χ1n) is 9.04. The zero-order chi connectivity index (χ0) is 20.7. The molecule has 0 aliphatic rings. The summed E-state index contributed by atoms with van der Waals surface area (Å²) in [5, 5.41) is 13.0. The average molecular weight is 403 g/mol. The van der Waals surface area contributed by atoms with Crippen LogP contribution in [0, 0.1) is 5.82 Å². The number of hydrogen-bond acceptors (Lipinski definition) is 7. The topological polar surface area (TPSA) is 117 Å². The standard InChI is InChI=1S/C21H14FN5O3/c22-12-5-3-4-11(8-12)16-15(30-14-7-2-1-6-13(14)18(16)28)9-23-19-17-20(25-10-24-19)27-21(29)26-17/h1-8,10H,9H2,(H3,23,24,25,26,27,29). The molecular formula is C21H14FN5O3. The zero-order valence-corrected chi connectivity index (χ0v) is 15.4. The lowest BCUT2D eigenvalue weighted by Gasteiger charge is -2.12. The maximum Gasteiger partial charge on any atom is 0.293 e. The summed E-state index contributed by atoms with van der Waals surface area (Å²) < 4.78 is 19.9. The van der Waals surface area contributed by atoms with Crippen molar-refractivity contribution in [2.24, 2.45) is 0 Å². The highest BCUT2D eigenvalue weighted by Crippen LogP contribution is 2.27. The summed E-state index contributed by atoms with van der Waals surface area (Å²) in [5.41, 5.74) is 1.53. The number of nitrogens with zero attached hydrogens (tertiary/aromatic N) is 3. The molecule has 0 saturated carbocycles. The summed E-state index contributed by atoms with van der Waals surface area (Å²) in [4.78, 5) is 27.9. The van der Waals surface area contributed by atoms with Crippen LogP contribution in [-0.2, 0) is 6.54 Å². The number of fused-ring (bicyclic) bond motifs is 2. The van der Waals surface area contributed by atoms with E-state index in [1.807, 2.05) is 0 Å². The van der Waals surface area contributed by atoms with Crippen LogP contribution in [0.15, 0.2) is 64.1 Å². The number of nitrogens with one attached hydrogen (secondary N) is 2. The zero-order valence-electron chi connectivity index (χ0n) is 15.4. The van der Waals surface area contributed by atoms with Gasteiger partial charge in [-0.15, -0.1) is 0 Å². The number of hydrogen-bond donors (Lipinski definition) is 3. The molecule has 3 heterocycles. The Hall–Kier alpha value is -4.27. The summed E-state index contributed by atoms with van der Waals surface area (Å²) in [6, 6.07) is 12.4. The first kappa shape index (κ1) is 17.8. The maximum absolute atomic E-state index is 13.9. The van der Waals surface area contributed by atoms with Gasteiger partial charge in [-0.05, 0) is 29.8 Å². The SMILES string of the molecule is O=c1c(-c2cccc(F)c2)c(CNc2ncnc3[nH]c(O)nc23)oc2ccccc12. The van der Waals surface area contributed by atoms with Gasteiger partial charge in [-0.1, -0.05) is 24.3 Å². The Morgan fingerprint density at radius 1 is 1.13 bits per heavy atom. The maximum atomic E-state index is 13.9. The number of H-pyrrole nitrogens is 1. The third-order valence-corrected chi connectivity index (χ3v) is 4.67. The van der Waals surface area contributed by atoms with Crippen LogP contribution >= 0.6 is 0 Å². The van der Waals surface area contributed by atoms with Gasteiger partial charge in [-0.2, -0.15) is 4.98 Å². The molecule has 9 heteroatoms. The molecule has 0 fully saturated rings. The highest BCUT2D eigenvalue weighted by Gasteiger charge is 2.18. The van der Waals surface area contributed by atoms with E-state index in [9.17, 15) is 14.3 Å². The largest absolute Gasteiger partial charge is 0.480 e. The van der Waals surface area contributed by atoms with Crippen molar-refractivity contribution >= 4 is 28.0 Å². The summed E-state index contributed by atoms with van der Waals surface area (Å²) in [7, 11) is 0. The Morgan fingerprint density at radius 3 is 2.87 bits per heavy atom. The lowest BCUT2D eigenvalue weighted by atomic mass is 10.0. The van der Waals surface area contributed by atoms with E-state index in [-0.39, 0.29) is 23.5 Å². The van der Waals surface area contributed by atoms with Crippen molar-refractivity contribution in [2.45, 2.75) is 6.54 Å². The lowest BCUT2D eigenvalue weighted by Crippen LogP contribution is -2.12. The summed E-state index contributed by atoms with van der Waals surface area (Å²) >= 11 is 0. The Kier molecular flexibility index (Phi) is 4.13. The number of anilines is 1. The predicted molar refractivity (Wildman–Crippen MR) is 109 cm³/mol. The fraction of sp³-hybridized carbons (Fsp3) is 0.0476. The molecule has 0 amide bonds. The van der Waals surface area contributed by atoms with Crippen molar-refractivity contribution in [1.29, 1.82) is 0 Å². The number of halogens is 1. The highest BCUT2D eigenvalue weighted by atomic mass is 19.1. The summed E-state index contributed by atoms with van der Waals surface area (Å²) in [5.74, 6) is 0.205. The van der Waals surface area contributed by atoms with E-state index in [1.165, 1.54) is 24.5 Å². The van der Waals surface area contributed by atoms with Crippen LogP contribution in [0.3, 0.4) is 0 Å². The van der Waals surface area contributed by atoms with Gasteiger partial charge in [-0.25, -0.2) is 14.4 Å². The number of aromatic hydroxyl groups is 1. The molecule has 5 rings (SSSR count). The first-order chi connectivity index (χ1) is 14.6. The van der Waals surface area contributed by atoms with E-state index in [0.29, 0.717) is 39.3 Å². The lowest BCUT2D eigenvalue weighted by molar-refractivity contribution is 0.438. The molecule has 0 aliphatic carbocycles. The Morgan fingerprint density at radius 2 is 2.00 bits per heavy atom. The van der Waals surface area contributed by atoms with Gasteiger partial charge in [0, 0.05) is 0 Å². The average Bonchev–Trinajstić information content (AvgIpc) is 3.13. The van der Waals surface area contributed by atoms with Gasteiger partial charge in [0.25, 0.3) is 6.01 Å². The van der Waals surface area contributed by atoms with Crippen molar-refractivity contribution in [1.82, 2.24) is 19.9 Å². The fourth-order valence-electron chi connectivity index (χ4n) is 3.36. The fourth-order valence-corrected chi connectivity index (χ4v) is 3.36. The molecule has 3 aromatic heterocycles. The molecule has 5 aromatic rings. The molecule has 2 aromatic carbocycles. The van der Waals surface area contributed by atoms with E-state index in [2.05, 4.69) is 25.3 Å². The smallest absolute Gasteiger partial charge is 0.293 e. The van der Waals surface area contributed by atoms with Gasteiger partial charge >= 0.3 is 0 Å².